The summed E-state index contributed by atoms with van der Waals surface area (Å²) >= 11 is 9.21. The van der Waals surface area contributed by atoms with E-state index in [4.69, 9.17) is 16.3 Å². The molecule has 0 saturated heterocycles. The molecule has 0 atom stereocenters. The maximum Gasteiger partial charge on any atom is 0.343 e. The SMILES string of the molecule is CS(=O)(=O)c1cccc(C(=O)Oc2ccc(Br)cc2Cl)c1. The first-order valence-electron chi connectivity index (χ1n) is 5.75. The molecule has 21 heavy (non-hydrogen) atoms. The maximum atomic E-state index is 12.0. The highest BCUT2D eigenvalue weighted by Crippen LogP contribution is 2.28. The summed E-state index contributed by atoms with van der Waals surface area (Å²) in [6.45, 7) is 0. The van der Waals surface area contributed by atoms with Crippen molar-refractivity contribution in [2.24, 2.45) is 0 Å². The van der Waals surface area contributed by atoms with Crippen molar-refractivity contribution in [3.05, 3.63) is 57.5 Å². The summed E-state index contributed by atoms with van der Waals surface area (Å²) in [5.74, 6) is -0.473. The van der Waals surface area contributed by atoms with Crippen LogP contribution in [0.3, 0.4) is 0 Å². The molecule has 0 spiro atoms. The Morgan fingerprint density at radius 2 is 1.90 bits per heavy atom. The van der Waals surface area contributed by atoms with Gasteiger partial charge >= 0.3 is 5.97 Å². The number of rotatable bonds is 3. The van der Waals surface area contributed by atoms with Crippen molar-refractivity contribution in [1.29, 1.82) is 0 Å². The Labute approximate surface area is 135 Å². The molecular weight excluding hydrogens is 380 g/mol. The lowest BCUT2D eigenvalue weighted by atomic mass is 10.2. The molecule has 0 aliphatic carbocycles. The van der Waals surface area contributed by atoms with Crippen molar-refractivity contribution >= 4 is 43.3 Å². The minimum atomic E-state index is -3.39. The van der Waals surface area contributed by atoms with E-state index in [0.29, 0.717) is 0 Å². The molecule has 0 bridgehead atoms. The zero-order chi connectivity index (χ0) is 15.6. The van der Waals surface area contributed by atoms with Gasteiger partial charge in [0.1, 0.15) is 5.75 Å². The summed E-state index contributed by atoms with van der Waals surface area (Å²) in [6, 6.07) is 10.5. The third-order valence-corrected chi connectivity index (χ3v) is 4.49. The molecule has 2 aromatic carbocycles. The molecule has 2 aromatic rings. The van der Waals surface area contributed by atoms with E-state index < -0.39 is 15.8 Å². The lowest BCUT2D eigenvalue weighted by Gasteiger charge is -2.07. The van der Waals surface area contributed by atoms with E-state index in [1.165, 1.54) is 24.3 Å². The number of benzene rings is 2. The molecule has 7 heteroatoms. The molecule has 0 aromatic heterocycles. The third kappa shape index (κ3) is 4.06. The average molecular weight is 390 g/mol. The topological polar surface area (TPSA) is 60.4 Å². The summed E-state index contributed by atoms with van der Waals surface area (Å²) < 4.78 is 28.9. The zero-order valence-electron chi connectivity index (χ0n) is 10.8. The van der Waals surface area contributed by atoms with Gasteiger partial charge in [0, 0.05) is 10.7 Å². The second-order valence-electron chi connectivity index (χ2n) is 4.26. The second-order valence-corrected chi connectivity index (χ2v) is 7.60. The highest BCUT2D eigenvalue weighted by Gasteiger charge is 2.14. The van der Waals surface area contributed by atoms with Gasteiger partial charge in [0.15, 0.2) is 9.84 Å². The van der Waals surface area contributed by atoms with E-state index in [-0.39, 0.29) is 21.2 Å². The van der Waals surface area contributed by atoms with Crippen molar-refractivity contribution in [2.45, 2.75) is 4.90 Å². The van der Waals surface area contributed by atoms with E-state index in [0.717, 1.165) is 10.7 Å². The Morgan fingerprint density at radius 3 is 2.52 bits per heavy atom. The van der Waals surface area contributed by atoms with Crippen LogP contribution in [-0.2, 0) is 9.84 Å². The summed E-state index contributed by atoms with van der Waals surface area (Å²) in [6.07, 6.45) is 1.07. The molecule has 0 aliphatic heterocycles. The second kappa shape index (κ2) is 6.17. The van der Waals surface area contributed by atoms with Crippen LogP contribution in [0.5, 0.6) is 5.75 Å². The molecule has 0 N–H and O–H groups in total. The average Bonchev–Trinajstić information content (AvgIpc) is 2.41. The first-order chi connectivity index (χ1) is 9.77. The largest absolute Gasteiger partial charge is 0.421 e. The number of esters is 1. The molecular formula is C14H10BrClO4S. The Bertz CT molecular complexity index is 802. The summed E-state index contributed by atoms with van der Waals surface area (Å²) in [5.41, 5.74) is 0.136. The van der Waals surface area contributed by atoms with Crippen molar-refractivity contribution in [1.82, 2.24) is 0 Å². The van der Waals surface area contributed by atoms with Crippen LogP contribution in [0.1, 0.15) is 10.4 Å². The summed E-state index contributed by atoms with van der Waals surface area (Å²) in [5, 5.41) is 0.275. The molecule has 0 heterocycles. The smallest absolute Gasteiger partial charge is 0.343 e. The van der Waals surface area contributed by atoms with E-state index >= 15 is 0 Å². The standard InChI is InChI=1S/C14H10BrClO4S/c1-21(18,19)11-4-2-3-9(7-11)14(17)20-13-6-5-10(15)8-12(13)16/h2-8H,1H3. The van der Waals surface area contributed by atoms with Crippen molar-refractivity contribution in [3.63, 3.8) is 0 Å². The number of hydrogen-bond acceptors (Lipinski definition) is 4. The lowest BCUT2D eigenvalue weighted by molar-refractivity contribution is 0.0734. The molecule has 0 saturated carbocycles. The fraction of sp³-hybridized carbons (Fsp3) is 0.0714. The molecule has 0 amide bonds. The Morgan fingerprint density at radius 1 is 1.19 bits per heavy atom. The van der Waals surface area contributed by atoms with Gasteiger partial charge in [-0.25, -0.2) is 13.2 Å². The Balaban J connectivity index is 2.29. The first-order valence-corrected chi connectivity index (χ1v) is 8.81. The molecule has 4 nitrogen and oxygen atoms in total. The van der Waals surface area contributed by atoms with E-state index in [9.17, 15) is 13.2 Å². The number of carbonyl (C=O) groups excluding carboxylic acids is 1. The lowest BCUT2D eigenvalue weighted by Crippen LogP contribution is -2.10. The summed E-state index contributed by atoms with van der Waals surface area (Å²) in [7, 11) is -3.39. The molecule has 2 rings (SSSR count). The van der Waals surface area contributed by atoms with Gasteiger partial charge in [-0.15, -0.1) is 0 Å². The number of halogens is 2. The number of carbonyl (C=O) groups is 1. The van der Waals surface area contributed by atoms with Gasteiger partial charge in [-0.05, 0) is 36.4 Å². The van der Waals surface area contributed by atoms with Gasteiger partial charge in [0.2, 0.25) is 0 Å². The van der Waals surface area contributed by atoms with Crippen LogP contribution in [0.15, 0.2) is 51.8 Å². The molecule has 0 unspecified atom stereocenters. The minimum Gasteiger partial charge on any atom is -0.421 e. The third-order valence-electron chi connectivity index (χ3n) is 2.59. The van der Waals surface area contributed by atoms with Crippen LogP contribution in [-0.4, -0.2) is 20.6 Å². The normalized spacial score (nSPS) is 11.2. The van der Waals surface area contributed by atoms with Crippen LogP contribution >= 0.6 is 27.5 Å². The van der Waals surface area contributed by atoms with Crippen molar-refractivity contribution in [2.75, 3.05) is 6.26 Å². The number of sulfone groups is 1. The van der Waals surface area contributed by atoms with Crippen LogP contribution in [0.4, 0.5) is 0 Å². The molecule has 0 radical (unpaired) electrons. The Kier molecular flexibility index (Phi) is 4.70. The van der Waals surface area contributed by atoms with Crippen LogP contribution in [0.25, 0.3) is 0 Å². The van der Waals surface area contributed by atoms with Crippen LogP contribution in [0, 0.1) is 0 Å². The van der Waals surface area contributed by atoms with Gasteiger partial charge in [0.25, 0.3) is 0 Å². The maximum absolute atomic E-state index is 12.0. The number of ether oxygens (including phenoxy) is 1. The summed E-state index contributed by atoms with van der Waals surface area (Å²) in [4.78, 5) is 12.1. The fourth-order valence-electron chi connectivity index (χ4n) is 1.57. The monoisotopic (exact) mass is 388 g/mol. The Hall–Kier alpha value is -1.37. The molecule has 0 fully saturated rings. The predicted octanol–water partition coefficient (Wildman–Crippen LogP) is 3.73. The molecule has 110 valence electrons. The minimum absolute atomic E-state index is 0.0545. The quantitative estimate of drug-likeness (QED) is 0.593. The fourth-order valence-corrected chi connectivity index (χ4v) is 2.95. The highest BCUT2D eigenvalue weighted by atomic mass is 79.9. The number of hydrogen-bond donors (Lipinski definition) is 0. The van der Waals surface area contributed by atoms with Crippen LogP contribution < -0.4 is 4.74 Å². The molecule has 0 aliphatic rings. The van der Waals surface area contributed by atoms with Gasteiger partial charge in [-0.1, -0.05) is 33.6 Å². The van der Waals surface area contributed by atoms with Crippen molar-refractivity contribution in [3.8, 4) is 5.75 Å². The van der Waals surface area contributed by atoms with E-state index in [2.05, 4.69) is 15.9 Å². The van der Waals surface area contributed by atoms with E-state index in [1.807, 2.05) is 0 Å². The zero-order valence-corrected chi connectivity index (χ0v) is 14.0. The van der Waals surface area contributed by atoms with E-state index in [1.54, 1.807) is 18.2 Å². The van der Waals surface area contributed by atoms with Gasteiger partial charge < -0.3 is 4.74 Å². The van der Waals surface area contributed by atoms with Crippen molar-refractivity contribution < 1.29 is 17.9 Å². The van der Waals surface area contributed by atoms with Crippen LogP contribution in [0.2, 0.25) is 5.02 Å². The highest BCUT2D eigenvalue weighted by molar-refractivity contribution is 9.10. The van der Waals surface area contributed by atoms with Gasteiger partial charge in [-0.3, -0.25) is 0 Å². The predicted molar refractivity (Wildman–Crippen MR) is 83.7 cm³/mol. The van der Waals surface area contributed by atoms with Gasteiger partial charge in [0.05, 0.1) is 15.5 Å². The van der Waals surface area contributed by atoms with Gasteiger partial charge in [-0.2, -0.15) is 0 Å². The first kappa shape index (κ1) is 16.0.